The second kappa shape index (κ2) is 5.82. The third-order valence-electron chi connectivity index (χ3n) is 5.18. The molecule has 2 aliphatic carbocycles. The van der Waals surface area contributed by atoms with Crippen LogP contribution in [0, 0.1) is 11.8 Å². The summed E-state index contributed by atoms with van der Waals surface area (Å²) in [6.07, 6.45) is 7.37. The highest BCUT2D eigenvalue weighted by atomic mass is 16.5. The van der Waals surface area contributed by atoms with Crippen LogP contribution in [0.4, 0.5) is 5.69 Å². The Balaban J connectivity index is 1.32. The van der Waals surface area contributed by atoms with Crippen LogP contribution in [0.25, 0.3) is 0 Å². The molecule has 1 aromatic rings. The Morgan fingerprint density at radius 2 is 1.95 bits per heavy atom. The molecule has 21 heavy (non-hydrogen) atoms. The van der Waals surface area contributed by atoms with Crippen molar-refractivity contribution in [3.63, 3.8) is 0 Å². The molecule has 3 atom stereocenters. The molecule has 1 saturated carbocycles. The lowest BCUT2D eigenvalue weighted by Gasteiger charge is -2.41. The van der Waals surface area contributed by atoms with Gasteiger partial charge in [0.15, 0.2) is 0 Å². The molecule has 3 aliphatic rings. The zero-order valence-corrected chi connectivity index (χ0v) is 12.5. The van der Waals surface area contributed by atoms with Gasteiger partial charge in [-0.2, -0.15) is 0 Å². The summed E-state index contributed by atoms with van der Waals surface area (Å²) in [5.74, 6) is 1.70. The van der Waals surface area contributed by atoms with Crippen molar-refractivity contribution < 1.29 is 4.74 Å². The first-order valence-electron chi connectivity index (χ1n) is 8.21. The van der Waals surface area contributed by atoms with Crippen LogP contribution in [0.5, 0.6) is 0 Å². The van der Waals surface area contributed by atoms with E-state index in [1.807, 2.05) is 0 Å². The lowest BCUT2D eigenvalue weighted by molar-refractivity contribution is 0.0342. The maximum atomic E-state index is 5.40. The normalized spacial score (nSPS) is 31.7. The van der Waals surface area contributed by atoms with Crippen molar-refractivity contribution in [2.24, 2.45) is 11.8 Å². The van der Waals surface area contributed by atoms with Gasteiger partial charge in [-0.25, -0.2) is 0 Å². The number of hydrogen-bond donors (Lipinski definition) is 1. The van der Waals surface area contributed by atoms with Gasteiger partial charge in [-0.1, -0.05) is 24.3 Å². The average molecular weight is 284 g/mol. The molecule has 0 radical (unpaired) electrons. The zero-order chi connectivity index (χ0) is 14.1. The predicted molar refractivity (Wildman–Crippen MR) is 85.3 cm³/mol. The van der Waals surface area contributed by atoms with Gasteiger partial charge in [0, 0.05) is 37.3 Å². The van der Waals surface area contributed by atoms with Gasteiger partial charge in [-0.05, 0) is 36.5 Å². The van der Waals surface area contributed by atoms with E-state index in [1.165, 1.54) is 24.1 Å². The van der Waals surface area contributed by atoms with Crippen LogP contribution >= 0.6 is 0 Å². The van der Waals surface area contributed by atoms with Crippen LogP contribution < -0.4 is 5.32 Å². The molecule has 2 fully saturated rings. The number of benzene rings is 1. The lowest BCUT2D eigenvalue weighted by atomic mass is 9.71. The monoisotopic (exact) mass is 284 g/mol. The van der Waals surface area contributed by atoms with Crippen LogP contribution in [-0.4, -0.2) is 37.2 Å². The molecule has 0 bridgehead atoms. The minimum absolute atomic E-state index is 0.652. The molecule has 0 aromatic heterocycles. The van der Waals surface area contributed by atoms with Crippen LogP contribution in [0.1, 0.15) is 18.4 Å². The number of hydrogen-bond acceptors (Lipinski definition) is 3. The summed E-state index contributed by atoms with van der Waals surface area (Å²) in [5.41, 5.74) is 2.67. The summed E-state index contributed by atoms with van der Waals surface area (Å²) in [5, 5.41) is 3.70. The van der Waals surface area contributed by atoms with Crippen molar-refractivity contribution in [2.45, 2.75) is 25.4 Å². The highest BCUT2D eigenvalue weighted by Crippen LogP contribution is 2.44. The van der Waals surface area contributed by atoms with E-state index in [4.69, 9.17) is 4.74 Å². The smallest absolute Gasteiger partial charge is 0.0594 e. The Bertz CT molecular complexity index is 504. The molecule has 112 valence electrons. The van der Waals surface area contributed by atoms with Gasteiger partial charge in [-0.3, -0.25) is 4.90 Å². The molecule has 3 heteroatoms. The van der Waals surface area contributed by atoms with Gasteiger partial charge in [0.05, 0.1) is 13.2 Å². The number of ether oxygens (including phenoxy) is 1. The standard InChI is InChI=1S/C18H24N2O/c1-2-15-12-18(17(15)3-1)19-16-6-4-14(5-7-16)13-20-8-10-21-11-9-20/h1,3-7,15,17-19H,2,8-13H2. The second-order valence-corrected chi connectivity index (χ2v) is 6.57. The van der Waals surface area contributed by atoms with Crippen LogP contribution in [0.2, 0.25) is 0 Å². The number of nitrogens with zero attached hydrogens (tertiary/aromatic N) is 1. The summed E-state index contributed by atoms with van der Waals surface area (Å²) in [4.78, 5) is 2.46. The van der Waals surface area contributed by atoms with E-state index in [0.717, 1.165) is 44.7 Å². The Labute approximate surface area is 127 Å². The van der Waals surface area contributed by atoms with E-state index >= 15 is 0 Å². The predicted octanol–water partition coefficient (Wildman–Crippen LogP) is 2.90. The highest BCUT2D eigenvalue weighted by Gasteiger charge is 2.40. The largest absolute Gasteiger partial charge is 0.382 e. The van der Waals surface area contributed by atoms with Gasteiger partial charge in [-0.15, -0.1) is 0 Å². The fourth-order valence-electron chi connectivity index (χ4n) is 3.82. The maximum Gasteiger partial charge on any atom is 0.0594 e. The van der Waals surface area contributed by atoms with Crippen molar-refractivity contribution in [3.05, 3.63) is 42.0 Å². The molecule has 0 amide bonds. The Morgan fingerprint density at radius 3 is 2.71 bits per heavy atom. The first-order valence-corrected chi connectivity index (χ1v) is 8.21. The third kappa shape index (κ3) is 2.85. The SMILES string of the molecule is C1=CC2C(C1)CC2Nc1ccc(CN2CCOCC2)cc1. The van der Waals surface area contributed by atoms with E-state index < -0.39 is 0 Å². The van der Waals surface area contributed by atoms with Crippen molar-refractivity contribution in [1.82, 2.24) is 4.90 Å². The number of anilines is 1. The lowest BCUT2D eigenvalue weighted by Crippen LogP contribution is -2.43. The molecule has 1 N–H and O–H groups in total. The Hall–Kier alpha value is -1.32. The molecular weight excluding hydrogens is 260 g/mol. The van der Waals surface area contributed by atoms with Crippen molar-refractivity contribution >= 4 is 5.69 Å². The molecule has 1 aliphatic heterocycles. The Morgan fingerprint density at radius 1 is 1.14 bits per heavy atom. The van der Waals surface area contributed by atoms with E-state index in [-0.39, 0.29) is 0 Å². The van der Waals surface area contributed by atoms with Crippen LogP contribution in [0.15, 0.2) is 36.4 Å². The van der Waals surface area contributed by atoms with E-state index in [0.29, 0.717) is 6.04 Å². The fourth-order valence-corrected chi connectivity index (χ4v) is 3.82. The second-order valence-electron chi connectivity index (χ2n) is 6.57. The van der Waals surface area contributed by atoms with Crippen molar-refractivity contribution in [2.75, 3.05) is 31.6 Å². The molecule has 1 saturated heterocycles. The van der Waals surface area contributed by atoms with E-state index in [9.17, 15) is 0 Å². The molecule has 0 spiro atoms. The summed E-state index contributed by atoms with van der Waals surface area (Å²) in [7, 11) is 0. The summed E-state index contributed by atoms with van der Waals surface area (Å²) in [6, 6.07) is 9.65. The third-order valence-corrected chi connectivity index (χ3v) is 5.18. The number of fused-ring (bicyclic) bond motifs is 1. The van der Waals surface area contributed by atoms with Crippen LogP contribution in [0.3, 0.4) is 0 Å². The molecule has 1 aromatic carbocycles. The minimum Gasteiger partial charge on any atom is -0.382 e. The van der Waals surface area contributed by atoms with Crippen molar-refractivity contribution in [3.8, 4) is 0 Å². The Kier molecular flexibility index (Phi) is 3.70. The van der Waals surface area contributed by atoms with Gasteiger partial charge >= 0.3 is 0 Å². The number of rotatable bonds is 4. The molecule has 1 heterocycles. The van der Waals surface area contributed by atoms with Crippen LogP contribution in [-0.2, 0) is 11.3 Å². The first-order chi connectivity index (χ1) is 10.4. The summed E-state index contributed by atoms with van der Waals surface area (Å²) >= 11 is 0. The van der Waals surface area contributed by atoms with Gasteiger partial charge in [0.1, 0.15) is 0 Å². The maximum absolute atomic E-state index is 5.40. The summed E-state index contributed by atoms with van der Waals surface area (Å²) in [6.45, 7) is 4.89. The minimum atomic E-state index is 0.652. The highest BCUT2D eigenvalue weighted by molar-refractivity contribution is 5.46. The zero-order valence-electron chi connectivity index (χ0n) is 12.5. The van der Waals surface area contributed by atoms with Crippen molar-refractivity contribution in [1.29, 1.82) is 0 Å². The number of nitrogens with one attached hydrogen (secondary N) is 1. The van der Waals surface area contributed by atoms with Gasteiger partial charge in [0.2, 0.25) is 0 Å². The molecule has 4 rings (SSSR count). The summed E-state index contributed by atoms with van der Waals surface area (Å²) < 4.78 is 5.40. The molecule has 3 nitrogen and oxygen atoms in total. The van der Waals surface area contributed by atoms with Gasteiger partial charge < -0.3 is 10.1 Å². The van der Waals surface area contributed by atoms with E-state index in [2.05, 4.69) is 46.6 Å². The van der Waals surface area contributed by atoms with Gasteiger partial charge in [0.25, 0.3) is 0 Å². The molecule has 3 unspecified atom stereocenters. The first kappa shape index (κ1) is 13.4. The average Bonchev–Trinajstić information content (AvgIpc) is 2.89. The molecular formula is C18H24N2O. The topological polar surface area (TPSA) is 24.5 Å². The quantitative estimate of drug-likeness (QED) is 0.860. The number of morpholine rings is 1. The van der Waals surface area contributed by atoms with E-state index in [1.54, 1.807) is 0 Å². The number of allylic oxidation sites excluding steroid dienone is 1. The fraction of sp³-hybridized carbons (Fsp3) is 0.556.